The minimum atomic E-state index is -4.42. The molecule has 0 saturated carbocycles. The molecule has 0 N–H and O–H groups in total. The Balaban J connectivity index is 0.00000361. The molecular weight excluding hydrogens is 582 g/mol. The van der Waals surface area contributed by atoms with Gasteiger partial charge in [-0.25, -0.2) is 25.6 Å². The first kappa shape index (κ1) is 30.1. The van der Waals surface area contributed by atoms with Crippen LogP contribution in [0.1, 0.15) is 17.8 Å². The Morgan fingerprint density at radius 3 is 2.28 bits per heavy atom. The minimum absolute atomic E-state index is 0. The zero-order valence-corrected chi connectivity index (χ0v) is 25.4. The third-order valence-corrected chi connectivity index (χ3v) is 8.99. The third kappa shape index (κ3) is 7.78. The molecule has 0 saturated heterocycles. The van der Waals surface area contributed by atoms with E-state index in [1.165, 1.54) is 47.4 Å². The van der Waals surface area contributed by atoms with Crippen molar-refractivity contribution >= 4 is 65.3 Å². The standard InChI is InChI=1S/C21H20F2N2O6S4.K/c22-14-3-5-18-16(11-14)24(7-1-9-34(26,27)28)20(32-18)13-21-25(8-2-10-35(29,30)31)17-12-15(23)4-6-19(17)33-21;/h3-6,11-13H,1-2,7-10H2,(H-,26,27,28,29,30,31);/q;+1/p-1. The van der Waals surface area contributed by atoms with E-state index in [1.807, 2.05) is 0 Å². The smallest absolute Gasteiger partial charge is 0.748 e. The van der Waals surface area contributed by atoms with Crippen molar-refractivity contribution in [2.75, 3.05) is 23.0 Å². The number of hydrogen-bond donors (Lipinski definition) is 0. The first-order chi connectivity index (χ1) is 16.4. The van der Waals surface area contributed by atoms with Gasteiger partial charge in [-0.2, -0.15) is 4.57 Å². The second-order valence-electron chi connectivity index (χ2n) is 7.78. The molecule has 2 aromatic carbocycles. The minimum Gasteiger partial charge on any atom is -0.748 e. The maximum Gasteiger partial charge on any atom is 1.00 e. The predicted molar refractivity (Wildman–Crippen MR) is 128 cm³/mol. The second-order valence-corrected chi connectivity index (χ2v) is 13.0. The van der Waals surface area contributed by atoms with Crippen LogP contribution in [0, 0.1) is 11.6 Å². The van der Waals surface area contributed by atoms with Crippen molar-refractivity contribution in [1.29, 1.82) is 0 Å². The molecule has 0 radical (unpaired) electrons. The molecule has 1 aliphatic rings. The van der Waals surface area contributed by atoms with Crippen LogP contribution in [0.3, 0.4) is 0 Å². The molecule has 0 bridgehead atoms. The van der Waals surface area contributed by atoms with Crippen molar-refractivity contribution in [2.45, 2.75) is 24.3 Å². The number of nitrogens with zero attached hydrogens (tertiary/aromatic N) is 2. The van der Waals surface area contributed by atoms with E-state index in [0.29, 0.717) is 21.2 Å². The van der Waals surface area contributed by atoms with Crippen LogP contribution >= 0.6 is 23.1 Å². The summed E-state index contributed by atoms with van der Waals surface area (Å²) in [6.45, 7) is 0.287. The Kier molecular flexibility index (Phi) is 10.2. The van der Waals surface area contributed by atoms with Gasteiger partial charge in [0.05, 0.1) is 37.0 Å². The molecule has 8 nitrogen and oxygen atoms in total. The quantitative estimate of drug-likeness (QED) is 0.195. The number of benzene rings is 2. The largest absolute Gasteiger partial charge is 1.00 e. The van der Waals surface area contributed by atoms with Crippen molar-refractivity contribution in [3.05, 3.63) is 58.1 Å². The number of fused-ring (bicyclic) bond motifs is 2. The Hall–Kier alpha value is -0.464. The molecule has 0 unspecified atom stereocenters. The monoisotopic (exact) mass is 600 g/mol. The summed E-state index contributed by atoms with van der Waals surface area (Å²) in [4.78, 5) is 2.45. The van der Waals surface area contributed by atoms with Crippen molar-refractivity contribution < 1.29 is 90.7 Å². The van der Waals surface area contributed by atoms with Gasteiger partial charge in [-0.1, -0.05) is 23.1 Å². The Morgan fingerprint density at radius 2 is 1.58 bits per heavy atom. The number of thioether (sulfide) groups is 1. The summed E-state index contributed by atoms with van der Waals surface area (Å²) in [7, 11) is -8.83. The average molecular weight is 601 g/mol. The molecule has 1 aromatic heterocycles. The van der Waals surface area contributed by atoms with Crippen LogP contribution in [-0.2, 0) is 26.8 Å². The molecule has 0 aliphatic carbocycles. The summed E-state index contributed by atoms with van der Waals surface area (Å²) >= 11 is 2.64. The number of halogens is 2. The molecule has 36 heavy (non-hydrogen) atoms. The van der Waals surface area contributed by atoms with Gasteiger partial charge in [0, 0.05) is 35.4 Å². The van der Waals surface area contributed by atoms with Crippen molar-refractivity contribution in [3.63, 3.8) is 0 Å². The molecule has 15 heteroatoms. The number of thiazole rings is 1. The number of rotatable bonds is 9. The summed E-state index contributed by atoms with van der Waals surface area (Å²) < 4.78 is 96.8. The summed E-state index contributed by atoms with van der Waals surface area (Å²) in [6, 6.07) is 8.45. The van der Waals surface area contributed by atoms with E-state index < -0.39 is 43.4 Å². The fourth-order valence-corrected chi connectivity index (χ4v) is 6.98. The Labute approximate surface area is 258 Å². The molecule has 3 aromatic rings. The van der Waals surface area contributed by atoms with Crippen LogP contribution in [0.2, 0.25) is 0 Å². The zero-order chi connectivity index (χ0) is 25.4. The average Bonchev–Trinajstić information content (AvgIpc) is 3.24. The van der Waals surface area contributed by atoms with E-state index in [-0.39, 0.29) is 77.3 Å². The van der Waals surface area contributed by atoms with E-state index in [9.17, 15) is 34.7 Å². The number of aryl methyl sites for hydroxylation is 1. The molecule has 2 heterocycles. The van der Waals surface area contributed by atoms with Gasteiger partial charge in [-0.3, -0.25) is 0 Å². The molecular formula is C21H19F2KN2O6S4. The summed E-state index contributed by atoms with van der Waals surface area (Å²) in [5.41, 5.74) is 1.06. The first-order valence-corrected chi connectivity index (χ1v) is 15.1. The SMILES string of the molecule is O=S(=O)([O-])CCCN1C(=Cc2sc3ccc(F)cc3[n+]2CCCS(=O)(=O)[O-])Sc2ccc(F)cc21.[K+]. The zero-order valence-electron chi connectivity index (χ0n) is 19.0. The molecule has 4 rings (SSSR count). The fraction of sp³-hybridized carbons (Fsp3) is 0.286. The van der Waals surface area contributed by atoms with E-state index in [2.05, 4.69) is 0 Å². The molecule has 0 atom stereocenters. The Bertz CT molecular complexity index is 1530. The number of aromatic nitrogens is 1. The van der Waals surface area contributed by atoms with Crippen LogP contribution in [0.25, 0.3) is 16.3 Å². The normalized spacial score (nSPS) is 14.9. The molecule has 188 valence electrons. The van der Waals surface area contributed by atoms with E-state index in [1.54, 1.807) is 27.7 Å². The van der Waals surface area contributed by atoms with Crippen LogP contribution < -0.4 is 60.9 Å². The van der Waals surface area contributed by atoms with Crippen molar-refractivity contribution in [3.8, 4) is 0 Å². The van der Waals surface area contributed by atoms with Gasteiger partial charge in [0.25, 0.3) is 5.01 Å². The maximum absolute atomic E-state index is 14.0. The number of hydrogen-bond acceptors (Lipinski definition) is 9. The van der Waals surface area contributed by atoms with Crippen LogP contribution in [0.15, 0.2) is 46.3 Å². The number of anilines is 1. The van der Waals surface area contributed by atoms with Gasteiger partial charge >= 0.3 is 51.4 Å². The molecule has 0 fully saturated rings. The van der Waals surface area contributed by atoms with Gasteiger partial charge in [-0.15, -0.1) is 0 Å². The van der Waals surface area contributed by atoms with Gasteiger partial charge in [-0.05, 0) is 36.8 Å². The van der Waals surface area contributed by atoms with Crippen LogP contribution in [0.5, 0.6) is 0 Å². The van der Waals surface area contributed by atoms with Gasteiger partial charge in [0.2, 0.25) is 5.52 Å². The van der Waals surface area contributed by atoms with E-state index in [0.717, 1.165) is 9.60 Å². The Morgan fingerprint density at radius 1 is 0.944 bits per heavy atom. The molecule has 0 amide bonds. The third-order valence-electron chi connectivity index (χ3n) is 5.18. The molecule has 0 spiro atoms. The van der Waals surface area contributed by atoms with Gasteiger partial charge in [0.1, 0.15) is 16.3 Å². The summed E-state index contributed by atoms with van der Waals surface area (Å²) in [5.74, 6) is -2.09. The van der Waals surface area contributed by atoms with E-state index >= 15 is 0 Å². The predicted octanol–water partition coefficient (Wildman–Crippen LogP) is 0.252. The van der Waals surface area contributed by atoms with E-state index in [4.69, 9.17) is 0 Å². The van der Waals surface area contributed by atoms with Gasteiger partial charge in [0.15, 0.2) is 6.54 Å². The van der Waals surface area contributed by atoms with Crippen LogP contribution in [-0.4, -0.2) is 44.0 Å². The second kappa shape index (κ2) is 12.2. The fourth-order valence-electron chi connectivity index (χ4n) is 3.73. The van der Waals surface area contributed by atoms with Crippen LogP contribution in [0.4, 0.5) is 14.5 Å². The summed E-state index contributed by atoms with van der Waals surface area (Å²) in [6.07, 6.45) is 1.82. The topological polar surface area (TPSA) is 122 Å². The first-order valence-electron chi connectivity index (χ1n) is 10.4. The maximum atomic E-state index is 14.0. The molecule has 1 aliphatic heterocycles. The van der Waals surface area contributed by atoms with Gasteiger partial charge < -0.3 is 14.0 Å². The van der Waals surface area contributed by atoms with Crippen molar-refractivity contribution in [1.82, 2.24) is 0 Å². The van der Waals surface area contributed by atoms with Crippen molar-refractivity contribution in [2.24, 2.45) is 0 Å². The summed E-state index contributed by atoms with van der Waals surface area (Å²) in [5, 5.41) is 1.26.